The molecule has 1 aliphatic heterocycles. The Hall–Kier alpha value is -2.02. The molecular weight excluding hydrogens is 256 g/mol. The number of allylic oxidation sites excluding steroid dienone is 1. The molecule has 2 atom stereocenters. The lowest BCUT2D eigenvalue weighted by Crippen LogP contribution is -2.31. The molecule has 0 saturated carbocycles. The van der Waals surface area contributed by atoms with Crippen LogP contribution in [-0.2, 0) is 6.42 Å². The Bertz CT molecular complexity index is 623. The molecular formula is C20H22O. The number of hydrogen-bond donors (Lipinski definition) is 0. The monoisotopic (exact) mass is 278 g/mol. The lowest BCUT2D eigenvalue weighted by atomic mass is 9.83. The van der Waals surface area contributed by atoms with E-state index in [0.29, 0.717) is 5.92 Å². The number of hydrogen-bond acceptors (Lipinski definition) is 1. The molecule has 108 valence electrons. The number of ether oxygens (including phenoxy) is 1. The molecule has 0 aliphatic carbocycles. The molecule has 0 saturated heterocycles. The fraction of sp³-hybridized carbons (Fsp3) is 0.300. The highest BCUT2D eigenvalue weighted by Crippen LogP contribution is 2.37. The van der Waals surface area contributed by atoms with Crippen molar-refractivity contribution in [2.75, 3.05) is 0 Å². The summed E-state index contributed by atoms with van der Waals surface area (Å²) in [5, 5.41) is 0. The Morgan fingerprint density at radius 2 is 1.76 bits per heavy atom. The first-order chi connectivity index (χ1) is 10.2. The van der Waals surface area contributed by atoms with Crippen molar-refractivity contribution in [3.8, 4) is 5.75 Å². The minimum Gasteiger partial charge on any atom is -0.489 e. The summed E-state index contributed by atoms with van der Waals surface area (Å²) in [5.74, 6) is 1.48. The molecule has 0 N–H and O–H groups in total. The summed E-state index contributed by atoms with van der Waals surface area (Å²) in [5.41, 5.74) is 4.04. The third-order valence-corrected chi connectivity index (χ3v) is 4.13. The number of rotatable bonds is 3. The zero-order valence-corrected chi connectivity index (χ0v) is 12.8. The maximum absolute atomic E-state index is 6.30. The predicted octanol–water partition coefficient (Wildman–Crippen LogP) is 5.13. The first-order valence-corrected chi connectivity index (χ1v) is 7.67. The van der Waals surface area contributed by atoms with Crippen LogP contribution in [0.3, 0.4) is 0 Å². The largest absolute Gasteiger partial charge is 0.489 e. The maximum Gasteiger partial charge on any atom is 0.122 e. The quantitative estimate of drug-likeness (QED) is 0.707. The van der Waals surface area contributed by atoms with Gasteiger partial charge in [-0.25, -0.2) is 0 Å². The topological polar surface area (TPSA) is 9.23 Å². The average molecular weight is 278 g/mol. The Labute approximate surface area is 127 Å². The molecule has 3 rings (SSSR count). The van der Waals surface area contributed by atoms with Crippen molar-refractivity contribution in [1.29, 1.82) is 0 Å². The van der Waals surface area contributed by atoms with E-state index in [-0.39, 0.29) is 6.10 Å². The van der Waals surface area contributed by atoms with E-state index in [0.717, 1.165) is 18.6 Å². The Morgan fingerprint density at radius 3 is 2.52 bits per heavy atom. The van der Waals surface area contributed by atoms with Gasteiger partial charge < -0.3 is 4.74 Å². The van der Waals surface area contributed by atoms with Gasteiger partial charge in [-0.1, -0.05) is 60.2 Å². The fourth-order valence-electron chi connectivity index (χ4n) is 3.00. The summed E-state index contributed by atoms with van der Waals surface area (Å²) in [6.07, 6.45) is 4.53. The minimum atomic E-state index is 0.220. The van der Waals surface area contributed by atoms with E-state index in [4.69, 9.17) is 4.74 Å². The standard InChI is InChI=1S/C20H22O/c1-15(2)12-13-20-18(16-8-4-3-5-9-16)14-17-10-6-7-11-19(17)21-20/h3-12,18,20H,13-14H2,1-2H3. The summed E-state index contributed by atoms with van der Waals surface area (Å²) in [6, 6.07) is 19.2. The Balaban J connectivity index is 1.93. The molecule has 2 aromatic rings. The first kappa shape index (κ1) is 13.9. The van der Waals surface area contributed by atoms with Gasteiger partial charge in [0.2, 0.25) is 0 Å². The highest BCUT2D eigenvalue weighted by atomic mass is 16.5. The lowest BCUT2D eigenvalue weighted by Gasteiger charge is -2.33. The van der Waals surface area contributed by atoms with E-state index in [1.807, 2.05) is 0 Å². The third kappa shape index (κ3) is 3.18. The molecule has 0 spiro atoms. The van der Waals surface area contributed by atoms with Crippen LogP contribution in [0.2, 0.25) is 0 Å². The highest BCUT2D eigenvalue weighted by Gasteiger charge is 2.30. The van der Waals surface area contributed by atoms with Crippen LogP contribution >= 0.6 is 0 Å². The van der Waals surface area contributed by atoms with Gasteiger partial charge >= 0.3 is 0 Å². The van der Waals surface area contributed by atoms with Crippen molar-refractivity contribution in [2.45, 2.75) is 38.7 Å². The molecule has 2 aromatic carbocycles. The smallest absolute Gasteiger partial charge is 0.122 e. The molecule has 0 bridgehead atoms. The molecule has 21 heavy (non-hydrogen) atoms. The van der Waals surface area contributed by atoms with Crippen molar-refractivity contribution < 1.29 is 4.74 Å². The molecule has 1 heteroatoms. The zero-order chi connectivity index (χ0) is 14.7. The summed E-state index contributed by atoms with van der Waals surface area (Å²) >= 11 is 0. The molecule has 1 aliphatic rings. The number of fused-ring (bicyclic) bond motifs is 1. The average Bonchev–Trinajstić information content (AvgIpc) is 2.53. The van der Waals surface area contributed by atoms with Gasteiger partial charge in [-0.05, 0) is 37.5 Å². The van der Waals surface area contributed by atoms with E-state index >= 15 is 0 Å². The molecule has 0 amide bonds. The van der Waals surface area contributed by atoms with Crippen molar-refractivity contribution in [3.05, 3.63) is 77.4 Å². The van der Waals surface area contributed by atoms with E-state index in [2.05, 4.69) is 74.5 Å². The van der Waals surface area contributed by atoms with Crippen LogP contribution in [0.25, 0.3) is 0 Å². The zero-order valence-electron chi connectivity index (χ0n) is 12.8. The fourth-order valence-corrected chi connectivity index (χ4v) is 3.00. The van der Waals surface area contributed by atoms with E-state index in [1.54, 1.807) is 0 Å². The van der Waals surface area contributed by atoms with Crippen molar-refractivity contribution >= 4 is 0 Å². The van der Waals surface area contributed by atoms with Gasteiger partial charge in [0.1, 0.15) is 11.9 Å². The van der Waals surface area contributed by atoms with Crippen LogP contribution in [0.15, 0.2) is 66.2 Å². The van der Waals surface area contributed by atoms with E-state index < -0.39 is 0 Å². The maximum atomic E-state index is 6.30. The van der Waals surface area contributed by atoms with Gasteiger partial charge in [0.15, 0.2) is 0 Å². The van der Waals surface area contributed by atoms with Gasteiger partial charge in [0.05, 0.1) is 0 Å². The molecule has 0 radical (unpaired) electrons. The van der Waals surface area contributed by atoms with Crippen molar-refractivity contribution in [2.24, 2.45) is 0 Å². The predicted molar refractivity (Wildman–Crippen MR) is 87.8 cm³/mol. The Morgan fingerprint density at radius 1 is 1.05 bits per heavy atom. The third-order valence-electron chi connectivity index (χ3n) is 4.13. The van der Waals surface area contributed by atoms with E-state index in [1.165, 1.54) is 16.7 Å². The Kier molecular flexibility index (Phi) is 4.10. The van der Waals surface area contributed by atoms with Crippen LogP contribution in [0.5, 0.6) is 5.75 Å². The SMILES string of the molecule is CC(C)=CCC1Oc2ccccc2CC1c1ccccc1. The van der Waals surface area contributed by atoms with Gasteiger partial charge in [0, 0.05) is 12.3 Å². The number of benzene rings is 2. The summed E-state index contributed by atoms with van der Waals surface area (Å²) in [6.45, 7) is 4.29. The first-order valence-electron chi connectivity index (χ1n) is 7.67. The minimum absolute atomic E-state index is 0.220. The molecule has 2 unspecified atom stereocenters. The van der Waals surface area contributed by atoms with Crippen LogP contribution in [0.4, 0.5) is 0 Å². The second-order valence-corrected chi connectivity index (χ2v) is 6.00. The molecule has 0 fully saturated rings. The second-order valence-electron chi connectivity index (χ2n) is 6.00. The van der Waals surface area contributed by atoms with Crippen LogP contribution in [0.1, 0.15) is 37.3 Å². The number of para-hydroxylation sites is 1. The second kappa shape index (κ2) is 6.17. The van der Waals surface area contributed by atoms with Crippen LogP contribution < -0.4 is 4.74 Å². The van der Waals surface area contributed by atoms with Crippen LogP contribution in [0, 0.1) is 0 Å². The lowest BCUT2D eigenvalue weighted by molar-refractivity contribution is 0.152. The molecule has 1 heterocycles. The molecule has 0 aromatic heterocycles. The normalized spacial score (nSPS) is 20.3. The highest BCUT2D eigenvalue weighted by molar-refractivity contribution is 5.39. The van der Waals surface area contributed by atoms with Crippen molar-refractivity contribution in [1.82, 2.24) is 0 Å². The van der Waals surface area contributed by atoms with Gasteiger partial charge in [-0.3, -0.25) is 0 Å². The van der Waals surface area contributed by atoms with Crippen molar-refractivity contribution in [3.63, 3.8) is 0 Å². The molecule has 1 nitrogen and oxygen atoms in total. The van der Waals surface area contributed by atoms with Gasteiger partial charge in [-0.15, -0.1) is 0 Å². The van der Waals surface area contributed by atoms with Gasteiger partial charge in [-0.2, -0.15) is 0 Å². The summed E-state index contributed by atoms with van der Waals surface area (Å²) in [4.78, 5) is 0. The summed E-state index contributed by atoms with van der Waals surface area (Å²) in [7, 11) is 0. The summed E-state index contributed by atoms with van der Waals surface area (Å²) < 4.78 is 6.30. The van der Waals surface area contributed by atoms with Crippen LogP contribution in [-0.4, -0.2) is 6.10 Å². The van der Waals surface area contributed by atoms with Gasteiger partial charge in [0.25, 0.3) is 0 Å². The van der Waals surface area contributed by atoms with E-state index in [9.17, 15) is 0 Å².